The predicted molar refractivity (Wildman–Crippen MR) is 101 cm³/mol. The molecule has 0 unspecified atom stereocenters. The highest BCUT2D eigenvalue weighted by molar-refractivity contribution is 5.26. The van der Waals surface area contributed by atoms with Gasteiger partial charge in [0, 0.05) is 19.6 Å². The third kappa shape index (κ3) is 4.20. The summed E-state index contributed by atoms with van der Waals surface area (Å²) in [5, 5.41) is 20.5. The van der Waals surface area contributed by atoms with E-state index in [2.05, 4.69) is 4.90 Å². The molecule has 2 saturated carbocycles. The second-order valence-corrected chi connectivity index (χ2v) is 9.04. The Morgan fingerprint density at radius 3 is 2.24 bits per heavy atom. The van der Waals surface area contributed by atoms with E-state index in [0.717, 1.165) is 51.2 Å². The summed E-state index contributed by atoms with van der Waals surface area (Å²) in [5.74, 6) is 2.53. The van der Waals surface area contributed by atoms with Crippen LogP contribution in [0.15, 0.2) is 24.3 Å². The summed E-state index contributed by atoms with van der Waals surface area (Å²) in [4.78, 5) is 2.59. The first-order chi connectivity index (χ1) is 12.1. The normalized spacial score (nSPS) is 33.6. The second-order valence-electron chi connectivity index (χ2n) is 9.04. The van der Waals surface area contributed by atoms with E-state index in [4.69, 9.17) is 0 Å². The van der Waals surface area contributed by atoms with Crippen molar-refractivity contribution in [1.29, 1.82) is 0 Å². The zero-order chi connectivity index (χ0) is 17.3. The smallest absolute Gasteiger partial charge is 0.115 e. The maximum absolute atomic E-state index is 11.1. The van der Waals surface area contributed by atoms with Gasteiger partial charge >= 0.3 is 0 Å². The second kappa shape index (κ2) is 7.28. The minimum absolute atomic E-state index is 0.344. The quantitative estimate of drug-likeness (QED) is 0.850. The van der Waals surface area contributed by atoms with E-state index in [0.29, 0.717) is 17.6 Å². The number of likely N-dealkylation sites (tertiary alicyclic amines) is 1. The summed E-state index contributed by atoms with van der Waals surface area (Å²) >= 11 is 0. The van der Waals surface area contributed by atoms with Crippen LogP contribution in [0.25, 0.3) is 0 Å². The van der Waals surface area contributed by atoms with Gasteiger partial charge in [0.15, 0.2) is 0 Å². The number of phenolic OH excluding ortho intramolecular Hbond substituents is 1. The van der Waals surface area contributed by atoms with Crippen molar-refractivity contribution < 1.29 is 10.2 Å². The SMILES string of the molecule is Oc1ccc(CCN2C[C@@H]3C[C@@](O)(CC4CCCCC4)C[C@@H]3C2)cc1. The van der Waals surface area contributed by atoms with Crippen LogP contribution in [0.4, 0.5) is 0 Å². The van der Waals surface area contributed by atoms with E-state index < -0.39 is 0 Å². The number of hydrogen-bond donors (Lipinski definition) is 2. The predicted octanol–water partition coefficient (Wildman–Crippen LogP) is 3.98. The lowest BCUT2D eigenvalue weighted by atomic mass is 9.79. The molecule has 0 aromatic heterocycles. The molecule has 138 valence electrons. The average Bonchev–Trinajstić information content (AvgIpc) is 3.09. The molecule has 1 aliphatic heterocycles. The molecule has 2 aliphatic carbocycles. The van der Waals surface area contributed by atoms with Crippen molar-refractivity contribution in [3.05, 3.63) is 29.8 Å². The first-order valence-corrected chi connectivity index (χ1v) is 10.3. The van der Waals surface area contributed by atoms with Crippen molar-refractivity contribution in [2.24, 2.45) is 17.8 Å². The first kappa shape index (κ1) is 17.4. The maximum atomic E-state index is 11.1. The standard InChI is InChI=1S/C22H33NO2/c24-21-8-6-17(7-9-21)10-11-23-15-19-13-22(25,14-20(19)16-23)12-18-4-2-1-3-5-18/h6-9,18-20,24-25H,1-5,10-16H2/t19-,20+,22-. The van der Waals surface area contributed by atoms with Crippen LogP contribution in [-0.4, -0.2) is 40.3 Å². The van der Waals surface area contributed by atoms with E-state index in [1.807, 2.05) is 12.1 Å². The maximum Gasteiger partial charge on any atom is 0.115 e. The molecular weight excluding hydrogens is 310 g/mol. The highest BCUT2D eigenvalue weighted by Gasteiger charge is 2.48. The van der Waals surface area contributed by atoms with Gasteiger partial charge in [-0.25, -0.2) is 0 Å². The van der Waals surface area contributed by atoms with E-state index in [1.165, 1.54) is 37.7 Å². The Morgan fingerprint density at radius 2 is 1.60 bits per heavy atom. The zero-order valence-electron chi connectivity index (χ0n) is 15.4. The van der Waals surface area contributed by atoms with Gasteiger partial charge in [0.1, 0.15) is 5.75 Å². The average molecular weight is 344 g/mol. The third-order valence-electron chi connectivity index (χ3n) is 6.98. The number of rotatable bonds is 5. The van der Waals surface area contributed by atoms with Crippen molar-refractivity contribution in [3.8, 4) is 5.75 Å². The molecule has 3 nitrogen and oxygen atoms in total. The van der Waals surface area contributed by atoms with Gasteiger partial charge in [0.05, 0.1) is 5.60 Å². The van der Waals surface area contributed by atoms with Gasteiger partial charge in [-0.3, -0.25) is 0 Å². The topological polar surface area (TPSA) is 43.7 Å². The fourth-order valence-corrected chi connectivity index (χ4v) is 5.79. The highest BCUT2D eigenvalue weighted by Crippen LogP contribution is 2.47. The molecule has 0 spiro atoms. The van der Waals surface area contributed by atoms with Crippen LogP contribution in [0.2, 0.25) is 0 Å². The van der Waals surface area contributed by atoms with Crippen molar-refractivity contribution in [3.63, 3.8) is 0 Å². The fraction of sp³-hybridized carbons (Fsp3) is 0.727. The zero-order valence-corrected chi connectivity index (χ0v) is 15.4. The molecule has 1 saturated heterocycles. The van der Waals surface area contributed by atoms with Crippen LogP contribution in [0, 0.1) is 17.8 Å². The summed E-state index contributed by atoms with van der Waals surface area (Å²) in [6.07, 6.45) is 11.0. The van der Waals surface area contributed by atoms with Crippen molar-refractivity contribution in [2.75, 3.05) is 19.6 Å². The highest BCUT2D eigenvalue weighted by atomic mass is 16.3. The van der Waals surface area contributed by atoms with E-state index in [1.54, 1.807) is 12.1 Å². The molecule has 2 N–H and O–H groups in total. The van der Waals surface area contributed by atoms with E-state index >= 15 is 0 Å². The molecule has 4 rings (SSSR count). The summed E-state index contributed by atoms with van der Waals surface area (Å²) in [6, 6.07) is 7.60. The largest absolute Gasteiger partial charge is 0.508 e. The lowest BCUT2D eigenvalue weighted by Crippen LogP contribution is -2.33. The van der Waals surface area contributed by atoms with Crippen LogP contribution in [0.5, 0.6) is 5.75 Å². The summed E-state index contributed by atoms with van der Waals surface area (Å²) in [6.45, 7) is 3.42. The fourth-order valence-electron chi connectivity index (χ4n) is 5.79. The Hall–Kier alpha value is -1.06. The van der Waals surface area contributed by atoms with Crippen LogP contribution < -0.4 is 0 Å². The third-order valence-corrected chi connectivity index (χ3v) is 6.98. The number of hydrogen-bond acceptors (Lipinski definition) is 3. The molecule has 1 heterocycles. The molecule has 25 heavy (non-hydrogen) atoms. The van der Waals surface area contributed by atoms with Gasteiger partial charge in [-0.2, -0.15) is 0 Å². The van der Waals surface area contributed by atoms with Gasteiger partial charge in [0.25, 0.3) is 0 Å². The van der Waals surface area contributed by atoms with Gasteiger partial charge in [-0.05, 0) is 61.1 Å². The van der Waals surface area contributed by atoms with E-state index in [-0.39, 0.29) is 5.60 Å². The van der Waals surface area contributed by atoms with Gasteiger partial charge in [-0.15, -0.1) is 0 Å². The van der Waals surface area contributed by atoms with E-state index in [9.17, 15) is 10.2 Å². The Bertz CT molecular complexity index is 550. The monoisotopic (exact) mass is 343 g/mol. The lowest BCUT2D eigenvalue weighted by molar-refractivity contribution is 0.00607. The van der Waals surface area contributed by atoms with Crippen LogP contribution >= 0.6 is 0 Å². The number of benzene rings is 1. The van der Waals surface area contributed by atoms with Gasteiger partial charge < -0.3 is 15.1 Å². The van der Waals surface area contributed by atoms with Gasteiger partial charge in [-0.1, -0.05) is 44.2 Å². The minimum atomic E-state index is -0.361. The molecular formula is C22H33NO2. The molecule has 3 heteroatoms. The number of phenols is 1. The number of nitrogens with zero attached hydrogens (tertiary/aromatic N) is 1. The molecule has 1 aromatic rings. The van der Waals surface area contributed by atoms with Crippen molar-refractivity contribution >= 4 is 0 Å². The van der Waals surface area contributed by atoms with Crippen molar-refractivity contribution in [1.82, 2.24) is 4.90 Å². The molecule has 3 atom stereocenters. The van der Waals surface area contributed by atoms with Crippen LogP contribution in [0.1, 0.15) is 56.9 Å². The van der Waals surface area contributed by atoms with Crippen LogP contribution in [-0.2, 0) is 6.42 Å². The molecule has 1 aromatic carbocycles. The minimum Gasteiger partial charge on any atom is -0.508 e. The van der Waals surface area contributed by atoms with Crippen molar-refractivity contribution in [2.45, 2.75) is 63.4 Å². The summed E-state index contributed by atoms with van der Waals surface area (Å²) in [7, 11) is 0. The molecule has 0 radical (unpaired) electrons. The van der Waals surface area contributed by atoms with Crippen LogP contribution in [0.3, 0.4) is 0 Å². The number of fused-ring (bicyclic) bond motifs is 1. The summed E-state index contributed by atoms with van der Waals surface area (Å²) < 4.78 is 0. The Kier molecular flexibility index (Phi) is 5.06. The Balaban J connectivity index is 1.25. The Labute approximate surface area is 152 Å². The van der Waals surface area contributed by atoms with Gasteiger partial charge in [0.2, 0.25) is 0 Å². The molecule has 3 aliphatic rings. The number of aromatic hydroxyl groups is 1. The first-order valence-electron chi connectivity index (χ1n) is 10.3. The Morgan fingerprint density at radius 1 is 0.960 bits per heavy atom. The molecule has 0 amide bonds. The molecule has 3 fully saturated rings. The molecule has 0 bridgehead atoms. The number of aliphatic hydroxyl groups is 1. The summed E-state index contributed by atoms with van der Waals surface area (Å²) in [5.41, 5.74) is 0.934. The lowest BCUT2D eigenvalue weighted by Gasteiger charge is -2.32.